The second kappa shape index (κ2) is 7.63. The zero-order valence-corrected chi connectivity index (χ0v) is 16.8. The lowest BCUT2D eigenvalue weighted by Crippen LogP contribution is -2.33. The molecule has 0 aliphatic heterocycles. The SMILES string of the molecule is CCc1cc2c(=O)n(C(C)C(=O)Nc3ccc(C)cc3)c(SC)nc2s1. The maximum atomic E-state index is 13.0. The Morgan fingerprint density at radius 3 is 2.65 bits per heavy atom. The van der Waals surface area contributed by atoms with Crippen molar-refractivity contribution >= 4 is 44.9 Å². The second-order valence-corrected chi connectivity index (χ2v) is 7.98. The molecule has 0 radical (unpaired) electrons. The van der Waals surface area contributed by atoms with Gasteiger partial charge in [0, 0.05) is 10.6 Å². The predicted molar refractivity (Wildman–Crippen MR) is 110 cm³/mol. The van der Waals surface area contributed by atoms with Gasteiger partial charge in [0.25, 0.3) is 5.56 Å². The lowest BCUT2D eigenvalue weighted by atomic mass is 10.2. The number of thioether (sulfide) groups is 1. The molecule has 3 rings (SSSR count). The highest BCUT2D eigenvalue weighted by Gasteiger charge is 2.22. The fourth-order valence-electron chi connectivity index (χ4n) is 2.69. The van der Waals surface area contributed by atoms with E-state index >= 15 is 0 Å². The smallest absolute Gasteiger partial charge is 0.263 e. The van der Waals surface area contributed by atoms with E-state index in [1.54, 1.807) is 6.92 Å². The number of thiophene rings is 1. The van der Waals surface area contributed by atoms with Gasteiger partial charge < -0.3 is 5.32 Å². The molecular weight excluding hydrogens is 366 g/mol. The van der Waals surface area contributed by atoms with Gasteiger partial charge in [-0.05, 0) is 44.7 Å². The number of anilines is 1. The first kappa shape index (κ1) is 18.7. The van der Waals surface area contributed by atoms with E-state index in [9.17, 15) is 9.59 Å². The predicted octanol–water partition coefficient (Wildman–Crippen LogP) is 4.25. The van der Waals surface area contributed by atoms with E-state index in [0.29, 0.717) is 16.2 Å². The van der Waals surface area contributed by atoms with E-state index in [0.717, 1.165) is 21.7 Å². The van der Waals surface area contributed by atoms with E-state index in [1.165, 1.54) is 27.7 Å². The minimum absolute atomic E-state index is 0.165. The molecule has 1 atom stereocenters. The number of rotatable bonds is 5. The van der Waals surface area contributed by atoms with Crippen LogP contribution in [0.4, 0.5) is 5.69 Å². The van der Waals surface area contributed by atoms with Crippen molar-refractivity contribution in [3.63, 3.8) is 0 Å². The number of carbonyl (C=O) groups is 1. The molecule has 5 nitrogen and oxygen atoms in total. The van der Waals surface area contributed by atoms with Crippen LogP contribution in [0.15, 0.2) is 40.3 Å². The largest absolute Gasteiger partial charge is 0.324 e. The molecule has 1 aromatic carbocycles. The van der Waals surface area contributed by atoms with Gasteiger partial charge in [-0.3, -0.25) is 14.2 Å². The van der Waals surface area contributed by atoms with Gasteiger partial charge in [0.2, 0.25) is 5.91 Å². The van der Waals surface area contributed by atoms with Crippen molar-refractivity contribution in [2.75, 3.05) is 11.6 Å². The third kappa shape index (κ3) is 3.54. The van der Waals surface area contributed by atoms with E-state index in [4.69, 9.17) is 0 Å². The normalized spacial score (nSPS) is 12.3. The first-order chi connectivity index (χ1) is 12.4. The molecule has 0 spiro atoms. The average molecular weight is 388 g/mol. The van der Waals surface area contributed by atoms with Crippen LogP contribution in [0.3, 0.4) is 0 Å². The van der Waals surface area contributed by atoms with Crippen molar-refractivity contribution in [1.82, 2.24) is 9.55 Å². The number of nitrogens with zero attached hydrogens (tertiary/aromatic N) is 2. The van der Waals surface area contributed by atoms with Crippen molar-refractivity contribution in [2.45, 2.75) is 38.4 Å². The summed E-state index contributed by atoms with van der Waals surface area (Å²) in [6.45, 7) is 5.77. The van der Waals surface area contributed by atoms with Crippen LogP contribution in [0.2, 0.25) is 0 Å². The fourth-order valence-corrected chi connectivity index (χ4v) is 4.32. The van der Waals surface area contributed by atoms with Gasteiger partial charge in [-0.1, -0.05) is 36.4 Å². The van der Waals surface area contributed by atoms with E-state index in [2.05, 4.69) is 17.2 Å². The summed E-state index contributed by atoms with van der Waals surface area (Å²) in [7, 11) is 0. The summed E-state index contributed by atoms with van der Waals surface area (Å²) in [5.41, 5.74) is 1.67. The van der Waals surface area contributed by atoms with Crippen LogP contribution in [-0.2, 0) is 11.2 Å². The maximum absolute atomic E-state index is 13.0. The third-order valence-electron chi connectivity index (χ3n) is 4.23. The highest BCUT2D eigenvalue weighted by molar-refractivity contribution is 7.98. The molecule has 1 N–H and O–H groups in total. The zero-order valence-electron chi connectivity index (χ0n) is 15.2. The quantitative estimate of drug-likeness (QED) is 0.525. The molecule has 0 aliphatic rings. The molecular formula is C19H21N3O2S2. The van der Waals surface area contributed by atoms with Crippen LogP contribution in [0.1, 0.15) is 30.3 Å². The van der Waals surface area contributed by atoms with Gasteiger partial charge in [0.1, 0.15) is 10.9 Å². The topological polar surface area (TPSA) is 64.0 Å². The van der Waals surface area contributed by atoms with E-state index < -0.39 is 6.04 Å². The molecule has 0 aliphatic carbocycles. The van der Waals surface area contributed by atoms with Gasteiger partial charge in [-0.15, -0.1) is 11.3 Å². The summed E-state index contributed by atoms with van der Waals surface area (Å²) in [4.78, 5) is 32.2. The number of hydrogen-bond acceptors (Lipinski definition) is 5. The number of fused-ring (bicyclic) bond motifs is 1. The number of amides is 1. The Kier molecular flexibility index (Phi) is 5.48. The lowest BCUT2D eigenvalue weighted by molar-refractivity contribution is -0.119. The van der Waals surface area contributed by atoms with Crippen LogP contribution >= 0.6 is 23.1 Å². The van der Waals surface area contributed by atoms with Gasteiger partial charge in [-0.2, -0.15) is 0 Å². The number of aromatic nitrogens is 2. The summed E-state index contributed by atoms with van der Waals surface area (Å²) in [5, 5.41) is 4.01. The summed E-state index contributed by atoms with van der Waals surface area (Å²) >= 11 is 2.91. The molecule has 136 valence electrons. The van der Waals surface area contributed by atoms with Crippen LogP contribution < -0.4 is 10.9 Å². The minimum atomic E-state index is -0.659. The molecule has 2 aromatic heterocycles. The molecule has 1 amide bonds. The Morgan fingerprint density at radius 1 is 1.35 bits per heavy atom. The number of hydrogen-bond donors (Lipinski definition) is 1. The average Bonchev–Trinajstić information content (AvgIpc) is 3.06. The molecule has 0 saturated heterocycles. The van der Waals surface area contributed by atoms with Crippen molar-refractivity contribution < 1.29 is 4.79 Å². The first-order valence-corrected chi connectivity index (χ1v) is 10.4. The summed E-state index contributed by atoms with van der Waals surface area (Å²) in [6.07, 6.45) is 2.72. The van der Waals surface area contributed by atoms with Crippen molar-refractivity contribution in [1.29, 1.82) is 0 Å². The summed E-state index contributed by atoms with van der Waals surface area (Å²) in [5.74, 6) is -0.238. The minimum Gasteiger partial charge on any atom is -0.324 e. The second-order valence-electron chi connectivity index (χ2n) is 6.09. The highest BCUT2D eigenvalue weighted by atomic mass is 32.2. The molecule has 26 heavy (non-hydrogen) atoms. The Bertz CT molecular complexity index is 1010. The number of nitrogens with one attached hydrogen (secondary N) is 1. The number of aryl methyl sites for hydroxylation is 2. The van der Waals surface area contributed by atoms with Crippen molar-refractivity contribution in [3.05, 3.63) is 51.1 Å². The van der Waals surface area contributed by atoms with Crippen molar-refractivity contribution in [2.24, 2.45) is 0 Å². The van der Waals surface area contributed by atoms with Gasteiger partial charge in [0.05, 0.1) is 5.39 Å². The van der Waals surface area contributed by atoms with Crippen LogP contribution in [-0.4, -0.2) is 21.7 Å². The maximum Gasteiger partial charge on any atom is 0.263 e. The fraction of sp³-hybridized carbons (Fsp3) is 0.316. The third-order valence-corrected chi connectivity index (χ3v) is 6.06. The van der Waals surface area contributed by atoms with E-state index in [-0.39, 0.29) is 11.5 Å². The Labute approximate surface area is 160 Å². The molecule has 1 unspecified atom stereocenters. The van der Waals surface area contributed by atoms with Crippen LogP contribution in [0.25, 0.3) is 10.2 Å². The molecule has 0 fully saturated rings. The van der Waals surface area contributed by atoms with Crippen LogP contribution in [0, 0.1) is 6.92 Å². The molecule has 0 bridgehead atoms. The number of carbonyl (C=O) groups excluding carboxylic acids is 1. The monoisotopic (exact) mass is 387 g/mol. The lowest BCUT2D eigenvalue weighted by Gasteiger charge is -2.18. The Morgan fingerprint density at radius 2 is 2.04 bits per heavy atom. The van der Waals surface area contributed by atoms with Crippen LogP contribution in [0.5, 0.6) is 0 Å². The van der Waals surface area contributed by atoms with E-state index in [1.807, 2.05) is 43.5 Å². The summed E-state index contributed by atoms with van der Waals surface area (Å²) in [6, 6.07) is 8.81. The van der Waals surface area contributed by atoms with Gasteiger partial charge in [-0.25, -0.2) is 4.98 Å². The first-order valence-electron chi connectivity index (χ1n) is 8.41. The highest BCUT2D eigenvalue weighted by Crippen LogP contribution is 2.26. The Balaban J connectivity index is 1.99. The Hall–Kier alpha value is -2.12. The van der Waals surface area contributed by atoms with Gasteiger partial charge >= 0.3 is 0 Å². The standard InChI is InChI=1S/C19H21N3O2S2/c1-5-14-10-15-17(26-14)21-19(25-4)22(18(15)24)12(3)16(23)20-13-8-6-11(2)7-9-13/h6-10,12H,5H2,1-4H3,(H,20,23). The van der Waals surface area contributed by atoms with Gasteiger partial charge in [0.15, 0.2) is 5.16 Å². The summed E-state index contributed by atoms with van der Waals surface area (Å²) < 4.78 is 1.49. The molecule has 2 heterocycles. The molecule has 0 saturated carbocycles. The zero-order chi connectivity index (χ0) is 18.8. The molecule has 7 heteroatoms. The number of benzene rings is 1. The molecule has 3 aromatic rings. The van der Waals surface area contributed by atoms with Crippen molar-refractivity contribution in [3.8, 4) is 0 Å².